The molecule has 0 saturated carbocycles. The quantitative estimate of drug-likeness (QED) is 0.700. The van der Waals surface area contributed by atoms with E-state index in [1.165, 1.54) is 0 Å². The lowest BCUT2D eigenvalue weighted by Crippen LogP contribution is -1.99. The minimum absolute atomic E-state index is 0.567. The maximum atomic E-state index is 5.84. The number of imidazole rings is 1. The van der Waals surface area contributed by atoms with Crippen molar-refractivity contribution < 1.29 is 4.74 Å². The Hall–Kier alpha value is -2.29. The average Bonchev–Trinajstić information content (AvgIpc) is 2.78. The third kappa shape index (κ3) is 2.07. The van der Waals surface area contributed by atoms with Crippen LogP contribution in [0.5, 0.6) is 5.88 Å². The second-order valence-electron chi connectivity index (χ2n) is 4.25. The van der Waals surface area contributed by atoms with Crippen molar-refractivity contribution in [2.24, 2.45) is 0 Å². The molecule has 3 nitrogen and oxygen atoms in total. The number of aromatic nitrogens is 2. The van der Waals surface area contributed by atoms with E-state index in [2.05, 4.69) is 17.1 Å². The zero-order valence-electron chi connectivity index (χ0n) is 10.2. The zero-order chi connectivity index (χ0) is 12.4. The third-order valence-electron chi connectivity index (χ3n) is 2.80. The summed E-state index contributed by atoms with van der Waals surface area (Å²) in [7, 11) is 0. The molecule has 2 heterocycles. The van der Waals surface area contributed by atoms with Gasteiger partial charge in [0.15, 0.2) is 5.88 Å². The summed E-state index contributed by atoms with van der Waals surface area (Å²) in [6.45, 7) is 2.55. The topological polar surface area (TPSA) is 26.5 Å². The summed E-state index contributed by atoms with van der Waals surface area (Å²) >= 11 is 0. The number of rotatable bonds is 3. The Morgan fingerprint density at radius 1 is 1.06 bits per heavy atom. The molecule has 0 aliphatic carbocycles. The molecule has 0 fully saturated rings. The first-order chi connectivity index (χ1) is 8.83. The van der Waals surface area contributed by atoms with Gasteiger partial charge in [-0.3, -0.25) is 4.40 Å². The van der Waals surface area contributed by atoms with Crippen LogP contribution in [0.1, 0.15) is 11.3 Å². The fourth-order valence-corrected chi connectivity index (χ4v) is 1.96. The average molecular weight is 238 g/mol. The van der Waals surface area contributed by atoms with E-state index < -0.39 is 0 Å². The van der Waals surface area contributed by atoms with Gasteiger partial charge in [0.05, 0.1) is 5.69 Å². The second kappa shape index (κ2) is 4.53. The number of hydrogen-bond donors (Lipinski definition) is 0. The molecule has 0 saturated heterocycles. The van der Waals surface area contributed by atoms with E-state index in [-0.39, 0.29) is 0 Å². The van der Waals surface area contributed by atoms with Crippen molar-refractivity contribution in [2.75, 3.05) is 0 Å². The highest BCUT2D eigenvalue weighted by atomic mass is 16.5. The number of benzene rings is 1. The number of pyridine rings is 1. The maximum Gasteiger partial charge on any atom is 0.199 e. The molecule has 0 aliphatic heterocycles. The van der Waals surface area contributed by atoms with Crippen LogP contribution in [0.25, 0.3) is 5.65 Å². The van der Waals surface area contributed by atoms with Crippen molar-refractivity contribution in [1.29, 1.82) is 0 Å². The third-order valence-corrected chi connectivity index (χ3v) is 2.80. The molecule has 3 rings (SSSR count). The summed E-state index contributed by atoms with van der Waals surface area (Å²) in [6, 6.07) is 16.0. The first-order valence-corrected chi connectivity index (χ1v) is 5.94. The molecule has 0 amide bonds. The van der Waals surface area contributed by atoms with Crippen LogP contribution in [0.3, 0.4) is 0 Å². The first kappa shape index (κ1) is 10.8. The van der Waals surface area contributed by atoms with Crippen LogP contribution in [-0.2, 0) is 6.61 Å². The minimum atomic E-state index is 0.567. The Morgan fingerprint density at radius 2 is 1.89 bits per heavy atom. The lowest BCUT2D eigenvalue weighted by molar-refractivity contribution is 0.290. The summed E-state index contributed by atoms with van der Waals surface area (Å²) in [5.41, 5.74) is 3.06. The van der Waals surface area contributed by atoms with Crippen molar-refractivity contribution in [2.45, 2.75) is 13.5 Å². The van der Waals surface area contributed by atoms with E-state index in [4.69, 9.17) is 4.74 Å². The van der Waals surface area contributed by atoms with Crippen LogP contribution in [0.4, 0.5) is 0 Å². The number of fused-ring (bicyclic) bond motifs is 1. The Labute approximate surface area is 106 Å². The van der Waals surface area contributed by atoms with Crippen molar-refractivity contribution in [3.8, 4) is 5.88 Å². The van der Waals surface area contributed by atoms with Crippen molar-refractivity contribution in [1.82, 2.24) is 9.38 Å². The van der Waals surface area contributed by atoms with Crippen LogP contribution in [0.2, 0.25) is 0 Å². The fraction of sp³-hybridized carbons (Fsp3) is 0.133. The Kier molecular flexibility index (Phi) is 2.73. The van der Waals surface area contributed by atoms with Crippen molar-refractivity contribution >= 4 is 5.65 Å². The predicted molar refractivity (Wildman–Crippen MR) is 70.7 cm³/mol. The first-order valence-electron chi connectivity index (χ1n) is 5.94. The number of aryl methyl sites for hydroxylation is 1. The zero-order valence-corrected chi connectivity index (χ0v) is 10.2. The highest BCUT2D eigenvalue weighted by molar-refractivity contribution is 5.43. The molecular formula is C15H14N2O. The molecule has 0 unspecified atom stereocenters. The van der Waals surface area contributed by atoms with Crippen LogP contribution < -0.4 is 4.74 Å². The molecule has 0 bridgehead atoms. The highest BCUT2D eigenvalue weighted by Gasteiger charge is 2.03. The van der Waals surface area contributed by atoms with Gasteiger partial charge in [0.25, 0.3) is 0 Å². The largest absolute Gasteiger partial charge is 0.474 e. The summed E-state index contributed by atoms with van der Waals surface area (Å²) < 4.78 is 7.81. The van der Waals surface area contributed by atoms with Crippen molar-refractivity contribution in [3.63, 3.8) is 0 Å². The second-order valence-corrected chi connectivity index (χ2v) is 4.25. The van der Waals surface area contributed by atoms with Gasteiger partial charge in [0, 0.05) is 6.20 Å². The van der Waals surface area contributed by atoms with Gasteiger partial charge >= 0.3 is 0 Å². The minimum Gasteiger partial charge on any atom is -0.474 e. The molecular weight excluding hydrogens is 224 g/mol. The molecule has 90 valence electrons. The SMILES string of the molecule is Cc1cn2c(OCc3ccccc3)cccc2n1. The van der Waals surface area contributed by atoms with E-state index >= 15 is 0 Å². The number of ether oxygens (including phenoxy) is 1. The molecule has 0 N–H and O–H groups in total. The Balaban J connectivity index is 1.86. The lowest BCUT2D eigenvalue weighted by atomic mass is 10.2. The van der Waals surface area contributed by atoms with Gasteiger partial charge in [0.2, 0.25) is 0 Å². The van der Waals surface area contributed by atoms with E-state index in [1.807, 2.05) is 53.9 Å². The van der Waals surface area contributed by atoms with E-state index in [0.29, 0.717) is 6.61 Å². The lowest BCUT2D eigenvalue weighted by Gasteiger charge is -2.08. The predicted octanol–water partition coefficient (Wildman–Crippen LogP) is 3.22. The summed E-state index contributed by atoms with van der Waals surface area (Å²) in [6.07, 6.45) is 1.98. The summed E-state index contributed by atoms with van der Waals surface area (Å²) in [4.78, 5) is 4.41. The maximum absolute atomic E-state index is 5.84. The monoisotopic (exact) mass is 238 g/mol. The van der Waals surface area contributed by atoms with Gasteiger partial charge in [0.1, 0.15) is 12.3 Å². The van der Waals surface area contributed by atoms with E-state index in [1.54, 1.807) is 0 Å². The van der Waals surface area contributed by atoms with Gasteiger partial charge in [-0.05, 0) is 24.6 Å². The van der Waals surface area contributed by atoms with Crippen molar-refractivity contribution in [3.05, 3.63) is 66.0 Å². The van der Waals surface area contributed by atoms with Gasteiger partial charge in [-0.15, -0.1) is 0 Å². The van der Waals surface area contributed by atoms with Crippen LogP contribution in [0, 0.1) is 6.92 Å². The molecule has 18 heavy (non-hydrogen) atoms. The van der Waals surface area contributed by atoms with E-state index in [0.717, 1.165) is 22.8 Å². The molecule has 2 aromatic heterocycles. The molecule has 1 aromatic carbocycles. The standard InChI is InChI=1S/C15H14N2O/c1-12-10-17-14(16-12)8-5-9-15(17)18-11-13-6-3-2-4-7-13/h2-10H,11H2,1H3. The molecule has 0 aliphatic rings. The smallest absolute Gasteiger partial charge is 0.199 e. The van der Waals surface area contributed by atoms with E-state index in [9.17, 15) is 0 Å². The highest BCUT2D eigenvalue weighted by Crippen LogP contribution is 2.16. The van der Waals surface area contributed by atoms with Crippen LogP contribution in [0.15, 0.2) is 54.7 Å². The number of nitrogens with zero attached hydrogens (tertiary/aromatic N) is 2. The Bertz CT molecular complexity index is 659. The molecule has 3 aromatic rings. The molecule has 0 spiro atoms. The Morgan fingerprint density at radius 3 is 2.72 bits per heavy atom. The molecule has 3 heteroatoms. The molecule has 0 radical (unpaired) electrons. The van der Waals surface area contributed by atoms with Gasteiger partial charge < -0.3 is 4.74 Å². The van der Waals surface area contributed by atoms with Crippen LogP contribution >= 0.6 is 0 Å². The van der Waals surface area contributed by atoms with Gasteiger partial charge in [-0.25, -0.2) is 4.98 Å². The molecule has 0 atom stereocenters. The summed E-state index contributed by atoms with van der Waals surface area (Å²) in [5.74, 6) is 0.817. The van der Waals surface area contributed by atoms with Crippen LogP contribution in [-0.4, -0.2) is 9.38 Å². The summed E-state index contributed by atoms with van der Waals surface area (Å²) in [5, 5.41) is 0. The van der Waals surface area contributed by atoms with Gasteiger partial charge in [-0.2, -0.15) is 0 Å². The normalized spacial score (nSPS) is 10.7. The van der Waals surface area contributed by atoms with Gasteiger partial charge in [-0.1, -0.05) is 36.4 Å². The number of hydrogen-bond acceptors (Lipinski definition) is 2. The fourth-order valence-electron chi connectivity index (χ4n) is 1.96.